The van der Waals surface area contributed by atoms with Crippen LogP contribution in [0.15, 0.2) is 22.6 Å². The van der Waals surface area contributed by atoms with Gasteiger partial charge in [0.1, 0.15) is 23.4 Å². The van der Waals surface area contributed by atoms with Crippen LogP contribution >= 0.6 is 0 Å². The van der Waals surface area contributed by atoms with Crippen LogP contribution in [0.2, 0.25) is 0 Å². The van der Waals surface area contributed by atoms with E-state index >= 15 is 0 Å². The number of fused-ring (bicyclic) bond motifs is 1. The smallest absolute Gasteiger partial charge is 0.342 e. The summed E-state index contributed by atoms with van der Waals surface area (Å²) >= 11 is 0. The van der Waals surface area contributed by atoms with Crippen molar-refractivity contribution in [2.24, 2.45) is 0 Å². The van der Waals surface area contributed by atoms with E-state index < -0.39 is 0 Å². The van der Waals surface area contributed by atoms with Crippen molar-refractivity contribution in [1.29, 1.82) is 0 Å². The summed E-state index contributed by atoms with van der Waals surface area (Å²) in [7, 11) is 1.62. The first kappa shape index (κ1) is 15.9. The second kappa shape index (κ2) is 7.04. The molecule has 1 aliphatic heterocycles. The van der Waals surface area contributed by atoms with Crippen molar-refractivity contribution in [1.82, 2.24) is 0 Å². The third-order valence-electron chi connectivity index (χ3n) is 4.42. The summed E-state index contributed by atoms with van der Waals surface area (Å²) in [6, 6.07) is 5.55. The summed E-state index contributed by atoms with van der Waals surface area (Å²) in [6.45, 7) is 5.15. The minimum atomic E-state index is -0.314. The molecule has 0 bridgehead atoms. The topological polar surface area (TPSA) is 53.1 Å². The molecule has 23 heavy (non-hydrogen) atoms. The number of nitrogens with one attached hydrogen (secondary N) is 1. The fourth-order valence-electron chi connectivity index (χ4n) is 3.26. The molecule has 2 aromatic rings. The molecule has 1 N–H and O–H groups in total. The van der Waals surface area contributed by atoms with Gasteiger partial charge in [-0.3, -0.25) is 0 Å². The maximum Gasteiger partial charge on any atom is 0.342 e. The standard InChI is InChI=1S/C18H23NO4/c1-3-22-18(20)17-14-11-13(21-2)7-8-15(14)23-16(17)12-19-9-5-4-6-10-19/h7-8,11H,3-6,9-10,12H2,1-2H3/p+1. The van der Waals surface area contributed by atoms with Crippen molar-refractivity contribution in [2.75, 3.05) is 26.8 Å². The van der Waals surface area contributed by atoms with Gasteiger partial charge in [0, 0.05) is 5.39 Å². The zero-order valence-corrected chi connectivity index (χ0v) is 13.8. The molecule has 0 saturated carbocycles. The first-order valence-electron chi connectivity index (χ1n) is 8.33. The van der Waals surface area contributed by atoms with Gasteiger partial charge < -0.3 is 18.8 Å². The van der Waals surface area contributed by atoms with E-state index in [-0.39, 0.29) is 5.97 Å². The lowest BCUT2D eigenvalue weighted by Crippen LogP contribution is -3.11. The molecule has 0 aliphatic carbocycles. The van der Waals surface area contributed by atoms with Crippen molar-refractivity contribution in [3.05, 3.63) is 29.5 Å². The number of piperidine rings is 1. The molecule has 1 aromatic heterocycles. The number of furan rings is 1. The summed E-state index contributed by atoms with van der Waals surface area (Å²) in [6.07, 6.45) is 3.77. The van der Waals surface area contributed by atoms with Crippen molar-refractivity contribution in [2.45, 2.75) is 32.7 Å². The highest BCUT2D eigenvalue weighted by molar-refractivity contribution is 6.04. The largest absolute Gasteiger partial charge is 0.497 e. The average molecular weight is 318 g/mol. The Morgan fingerprint density at radius 1 is 1.26 bits per heavy atom. The highest BCUT2D eigenvalue weighted by Crippen LogP contribution is 2.30. The van der Waals surface area contributed by atoms with Crippen LogP contribution in [0.25, 0.3) is 11.0 Å². The number of carbonyl (C=O) groups excluding carboxylic acids is 1. The van der Waals surface area contributed by atoms with Crippen molar-refractivity contribution < 1.29 is 23.6 Å². The normalized spacial score (nSPS) is 15.7. The quantitative estimate of drug-likeness (QED) is 0.859. The molecular formula is C18H24NO4+. The van der Waals surface area contributed by atoms with Gasteiger partial charge in [0.05, 0.1) is 26.8 Å². The van der Waals surface area contributed by atoms with E-state index in [0.29, 0.717) is 23.5 Å². The van der Waals surface area contributed by atoms with E-state index in [0.717, 1.165) is 30.8 Å². The van der Waals surface area contributed by atoms with Gasteiger partial charge >= 0.3 is 5.97 Å². The number of benzene rings is 1. The van der Waals surface area contributed by atoms with Crippen molar-refractivity contribution in [3.8, 4) is 5.75 Å². The molecule has 0 radical (unpaired) electrons. The Balaban J connectivity index is 2.00. The molecule has 0 atom stereocenters. The Labute approximate surface area is 136 Å². The number of esters is 1. The van der Waals surface area contributed by atoms with E-state index in [9.17, 15) is 4.79 Å². The molecule has 124 valence electrons. The Bertz CT molecular complexity index is 686. The van der Waals surface area contributed by atoms with Crippen molar-refractivity contribution >= 4 is 16.9 Å². The minimum Gasteiger partial charge on any atom is -0.497 e. The van der Waals surface area contributed by atoms with Gasteiger partial charge in [-0.2, -0.15) is 0 Å². The molecular weight excluding hydrogens is 294 g/mol. The summed E-state index contributed by atoms with van der Waals surface area (Å²) in [4.78, 5) is 13.9. The van der Waals surface area contributed by atoms with Crippen LogP contribution in [0, 0.1) is 0 Å². The molecule has 1 saturated heterocycles. The summed E-state index contributed by atoms with van der Waals surface area (Å²) in [5.74, 6) is 1.12. The zero-order chi connectivity index (χ0) is 16.2. The van der Waals surface area contributed by atoms with Crippen LogP contribution < -0.4 is 9.64 Å². The number of methoxy groups -OCH3 is 1. The van der Waals surface area contributed by atoms with Crippen LogP contribution in [0.5, 0.6) is 5.75 Å². The minimum absolute atomic E-state index is 0.314. The second-order valence-corrected chi connectivity index (χ2v) is 5.97. The first-order chi connectivity index (χ1) is 11.2. The Morgan fingerprint density at radius 3 is 2.74 bits per heavy atom. The van der Waals surface area contributed by atoms with E-state index in [4.69, 9.17) is 13.9 Å². The fraction of sp³-hybridized carbons (Fsp3) is 0.500. The van der Waals surface area contributed by atoms with Gasteiger partial charge in [-0.05, 0) is 44.4 Å². The predicted octanol–water partition coefficient (Wildman–Crippen LogP) is 2.19. The number of likely N-dealkylation sites (tertiary alicyclic amines) is 1. The summed E-state index contributed by atoms with van der Waals surface area (Å²) in [5.41, 5.74) is 1.26. The lowest BCUT2D eigenvalue weighted by molar-refractivity contribution is -0.919. The molecule has 1 fully saturated rings. The van der Waals surface area contributed by atoms with Gasteiger partial charge in [0.2, 0.25) is 0 Å². The average Bonchev–Trinajstić information content (AvgIpc) is 2.92. The van der Waals surface area contributed by atoms with E-state index in [1.807, 2.05) is 25.1 Å². The molecule has 3 rings (SSSR count). The monoisotopic (exact) mass is 318 g/mol. The second-order valence-electron chi connectivity index (χ2n) is 5.97. The number of hydrogen-bond acceptors (Lipinski definition) is 4. The van der Waals surface area contributed by atoms with Crippen LogP contribution in [0.1, 0.15) is 42.3 Å². The molecule has 0 unspecified atom stereocenters. The number of ether oxygens (including phenoxy) is 2. The number of hydrogen-bond donors (Lipinski definition) is 1. The van der Waals surface area contributed by atoms with Gasteiger partial charge in [-0.15, -0.1) is 0 Å². The Kier molecular flexibility index (Phi) is 4.86. The van der Waals surface area contributed by atoms with Gasteiger partial charge in [-0.1, -0.05) is 0 Å². The molecule has 5 heteroatoms. The fourth-order valence-corrected chi connectivity index (χ4v) is 3.26. The van der Waals surface area contributed by atoms with E-state index in [2.05, 4.69) is 0 Å². The SMILES string of the molecule is CCOC(=O)c1c(C[NH+]2CCCCC2)oc2ccc(OC)cc12. The number of carbonyl (C=O) groups is 1. The Morgan fingerprint density at radius 2 is 2.04 bits per heavy atom. The van der Waals surface area contributed by atoms with Gasteiger partial charge in [0.15, 0.2) is 5.76 Å². The van der Waals surface area contributed by atoms with Crippen LogP contribution in [-0.2, 0) is 11.3 Å². The Hall–Kier alpha value is -2.01. The third-order valence-corrected chi connectivity index (χ3v) is 4.42. The maximum absolute atomic E-state index is 12.4. The van der Waals surface area contributed by atoms with Gasteiger partial charge in [0.25, 0.3) is 0 Å². The lowest BCUT2D eigenvalue weighted by atomic mass is 10.1. The predicted molar refractivity (Wildman–Crippen MR) is 87.0 cm³/mol. The highest BCUT2D eigenvalue weighted by atomic mass is 16.5. The molecule has 0 spiro atoms. The highest BCUT2D eigenvalue weighted by Gasteiger charge is 2.26. The summed E-state index contributed by atoms with van der Waals surface area (Å²) < 4.78 is 16.5. The molecule has 0 amide bonds. The third kappa shape index (κ3) is 3.34. The number of quaternary nitrogens is 1. The lowest BCUT2D eigenvalue weighted by Gasteiger charge is -2.22. The van der Waals surface area contributed by atoms with E-state index in [1.54, 1.807) is 7.11 Å². The molecule has 5 nitrogen and oxygen atoms in total. The molecule has 2 heterocycles. The molecule has 1 aliphatic rings. The van der Waals surface area contributed by atoms with Crippen LogP contribution in [0.4, 0.5) is 0 Å². The maximum atomic E-state index is 12.4. The number of rotatable bonds is 5. The summed E-state index contributed by atoms with van der Waals surface area (Å²) in [5, 5.41) is 0.772. The van der Waals surface area contributed by atoms with Crippen LogP contribution in [-0.4, -0.2) is 32.8 Å². The molecule has 1 aromatic carbocycles. The zero-order valence-electron chi connectivity index (χ0n) is 13.8. The van der Waals surface area contributed by atoms with E-state index in [1.165, 1.54) is 24.2 Å². The van der Waals surface area contributed by atoms with Crippen molar-refractivity contribution in [3.63, 3.8) is 0 Å². The van der Waals surface area contributed by atoms with Gasteiger partial charge in [-0.25, -0.2) is 4.79 Å². The first-order valence-corrected chi connectivity index (χ1v) is 8.33. The van der Waals surface area contributed by atoms with Crippen LogP contribution in [0.3, 0.4) is 0 Å².